The molecule has 0 aliphatic carbocycles. The second kappa shape index (κ2) is 66.4. The van der Waals surface area contributed by atoms with E-state index in [0.717, 1.165) is 26.2 Å². The molecule has 10 N–H and O–H groups in total. The van der Waals surface area contributed by atoms with Gasteiger partial charge < -0.3 is 155 Å². The van der Waals surface area contributed by atoms with Crippen LogP contribution in [0.5, 0.6) is 23.0 Å². The Hall–Kier alpha value is -8.02. The number of anilines is 10. The van der Waals surface area contributed by atoms with Crippen molar-refractivity contribution in [2.45, 2.75) is 0 Å². The molecule has 0 bridgehead atoms. The van der Waals surface area contributed by atoms with Gasteiger partial charge in [0.2, 0.25) is 35.7 Å². The molecule has 44 heteroatoms. The summed E-state index contributed by atoms with van der Waals surface area (Å²) in [5, 5.41) is 37.0. The van der Waals surface area contributed by atoms with E-state index in [0.29, 0.717) is 335 Å². The zero-order chi connectivity index (χ0) is 86.8. The van der Waals surface area contributed by atoms with E-state index in [1.165, 1.54) is 12.1 Å². The number of piperazine rings is 2. The molecule has 0 amide bonds. The first kappa shape index (κ1) is 101. The van der Waals surface area contributed by atoms with Gasteiger partial charge in [-0.05, 0) is 72.8 Å². The number of aromatic nitrogens is 6. The maximum absolute atomic E-state index is 12.3. The van der Waals surface area contributed by atoms with E-state index in [-0.39, 0.29) is 48.5 Å². The Bertz CT molecular complexity index is 3590. The van der Waals surface area contributed by atoms with E-state index in [1.807, 2.05) is 58.3 Å². The number of aliphatic hydroxyl groups is 2. The molecular weight excluding hydrogens is 1670 g/mol. The van der Waals surface area contributed by atoms with E-state index in [4.69, 9.17) is 133 Å². The highest BCUT2D eigenvalue weighted by molar-refractivity contribution is 7.74. The second-order valence-electron chi connectivity index (χ2n) is 26.2. The van der Waals surface area contributed by atoms with Crippen LogP contribution in [0.2, 0.25) is 0 Å². The molecule has 2 aliphatic rings. The van der Waals surface area contributed by atoms with Gasteiger partial charge in [0.25, 0.3) is 0 Å². The Morgan fingerprint density at radius 2 is 0.516 bits per heavy atom. The van der Waals surface area contributed by atoms with Crippen molar-refractivity contribution in [3.8, 4) is 23.0 Å². The van der Waals surface area contributed by atoms with E-state index < -0.39 is 22.7 Å². The fraction of sp³-hybridized carbons (Fsp3) is 0.600. The minimum atomic E-state index is -2.75. The molecule has 124 heavy (non-hydrogen) atoms. The zero-order valence-corrected chi connectivity index (χ0v) is 71.8. The average molecular weight is 1790 g/mol. The van der Waals surface area contributed by atoms with Crippen LogP contribution in [0.1, 0.15) is 11.1 Å². The molecule has 2 atom stereocenters. The van der Waals surface area contributed by atoms with Gasteiger partial charge in [-0.25, -0.2) is 0 Å². The maximum atomic E-state index is 12.3. The van der Waals surface area contributed by atoms with E-state index in [9.17, 15) is 17.5 Å². The number of benzene rings is 4. The third-order valence-electron chi connectivity index (χ3n) is 17.0. The first-order valence-corrected chi connectivity index (χ1v) is 43.4. The highest BCUT2D eigenvalue weighted by atomic mass is 32.2. The van der Waals surface area contributed by atoms with Crippen LogP contribution in [0.25, 0.3) is 12.2 Å². The van der Waals surface area contributed by atoms with Gasteiger partial charge in [-0.15, -0.1) is 0 Å². The number of rotatable bonds is 76. The summed E-state index contributed by atoms with van der Waals surface area (Å²) in [5.41, 5.74) is 2.86. The lowest BCUT2D eigenvalue weighted by atomic mass is 10.1. The van der Waals surface area contributed by atoms with Crippen LogP contribution < -0.4 is 59.5 Å². The molecule has 2 saturated heterocycles. The van der Waals surface area contributed by atoms with Crippen molar-refractivity contribution >= 4 is 93.3 Å². The van der Waals surface area contributed by atoms with Gasteiger partial charge in [0.1, 0.15) is 24.7 Å². The molecule has 0 radical (unpaired) electrons. The van der Waals surface area contributed by atoms with Gasteiger partial charge in [-0.2, -0.15) is 38.3 Å². The SMILES string of the molecule is O=S(O)Oc1cc(Nc2nc(Nc3ccc(OCCOCCOCCOCCOCCOCCOCCOCCOCCOCCO)cc3)nc(N3CCNCC3)n2)ccc1/C=C/c1ccc(Nc2nc(Nc3ccc(OCCOCCOCCOCCOCCOCCOCCOCCOCCOCCO)cc3)nc(N3CCNCC3)n2)cc1OS(=O)O. The molecule has 2 aromatic heterocycles. The number of hydrogen-bond donors (Lipinski definition) is 10. The molecule has 2 aliphatic heterocycles. The number of ether oxygens (including phenoxy) is 20. The zero-order valence-electron chi connectivity index (χ0n) is 70.2. The van der Waals surface area contributed by atoms with Crippen LogP contribution in [0.4, 0.5) is 58.4 Å². The molecular formula is C80H122N14O28S2. The standard InChI is InChI=1S/C80H122N14O28S2/c95-23-25-101-27-29-103-31-33-105-35-37-107-39-41-109-43-45-111-47-49-113-51-53-115-55-57-117-59-61-119-71-11-7-67(8-12-71)83-75-87-77(91-79(89-75)93-19-15-81-16-20-93)85-69-5-3-65(73(63-69)121-123(97)98)1-2-66-4-6-70(64-74(66)122-124(99)100)86-78-88-76(90-80(92-78)94-21-17-82-18-22-94)84-68-9-13-72(14-10-68)120-62-60-118-58-56-116-54-52-114-50-48-112-46-44-110-42-40-108-38-36-106-34-32-104-30-28-102-26-24-96/h1-14,63-64,81-82,95-96H,15-62H2,(H,97,98)(H,99,100)(H2,83,85,87,89,91)(H2,84,86,88,90,92)/b2-1+. The third-order valence-corrected chi connectivity index (χ3v) is 17.6. The third kappa shape index (κ3) is 46.4. The van der Waals surface area contributed by atoms with Crippen molar-refractivity contribution in [2.24, 2.45) is 0 Å². The number of nitrogens with zero attached hydrogens (tertiary/aromatic N) is 8. The predicted molar refractivity (Wildman–Crippen MR) is 460 cm³/mol. The smallest absolute Gasteiger partial charge is 0.357 e. The van der Waals surface area contributed by atoms with Gasteiger partial charge in [0.05, 0.1) is 251 Å². The number of nitrogens with one attached hydrogen (secondary N) is 6. The van der Waals surface area contributed by atoms with Crippen LogP contribution in [-0.2, 0) is 108 Å². The Kier molecular flexibility index (Phi) is 54.3. The van der Waals surface area contributed by atoms with Gasteiger partial charge in [-0.3, -0.25) is 9.11 Å². The van der Waals surface area contributed by atoms with E-state index in [1.54, 1.807) is 36.4 Å². The molecule has 4 heterocycles. The molecule has 2 fully saturated rings. The molecule has 6 aromatic rings. The lowest BCUT2D eigenvalue weighted by Crippen LogP contribution is -2.44. The second-order valence-corrected chi connectivity index (χ2v) is 27.4. The first-order valence-electron chi connectivity index (χ1n) is 41.3. The number of hydrogen-bond acceptors (Lipinski definition) is 40. The average Bonchev–Trinajstić information content (AvgIpc) is 0.819. The van der Waals surface area contributed by atoms with Gasteiger partial charge in [0.15, 0.2) is 11.5 Å². The fourth-order valence-electron chi connectivity index (χ4n) is 11.0. The largest absolute Gasteiger partial charge is 0.491 e. The van der Waals surface area contributed by atoms with Crippen molar-refractivity contribution < 1.29 is 131 Å². The Balaban J connectivity index is 0.715. The molecule has 2 unspecified atom stereocenters. The summed E-state index contributed by atoms with van der Waals surface area (Å²) < 4.78 is 166. The summed E-state index contributed by atoms with van der Waals surface area (Å²) in [4.78, 5) is 32.5. The van der Waals surface area contributed by atoms with E-state index in [2.05, 4.69) is 41.9 Å². The summed E-state index contributed by atoms with van der Waals surface area (Å²) in [5.74, 6) is 2.90. The van der Waals surface area contributed by atoms with Crippen LogP contribution in [0.3, 0.4) is 0 Å². The highest BCUT2D eigenvalue weighted by Gasteiger charge is 2.21. The van der Waals surface area contributed by atoms with Crippen LogP contribution >= 0.6 is 0 Å². The molecule has 4 aromatic carbocycles. The molecule has 42 nitrogen and oxygen atoms in total. The minimum Gasteiger partial charge on any atom is -0.491 e. The Morgan fingerprint density at radius 3 is 0.750 bits per heavy atom. The lowest BCUT2D eigenvalue weighted by molar-refractivity contribution is -0.0258. The summed E-state index contributed by atoms with van der Waals surface area (Å²) in [6.45, 7) is 21.7. The molecule has 0 spiro atoms. The van der Waals surface area contributed by atoms with Crippen LogP contribution in [-0.4, -0.2) is 374 Å². The van der Waals surface area contributed by atoms with Crippen molar-refractivity contribution in [1.29, 1.82) is 0 Å². The van der Waals surface area contributed by atoms with Crippen molar-refractivity contribution in [3.63, 3.8) is 0 Å². The summed E-state index contributed by atoms with van der Waals surface area (Å²) in [6.07, 6.45) is 3.18. The predicted octanol–water partition coefficient (Wildman–Crippen LogP) is 4.09. The molecule has 0 saturated carbocycles. The minimum absolute atomic E-state index is 0.00100. The normalized spacial score (nSPS) is 13.5. The summed E-state index contributed by atoms with van der Waals surface area (Å²) in [6, 6.07) is 24.3. The topological polar surface area (TPSA) is 474 Å². The lowest BCUT2D eigenvalue weighted by Gasteiger charge is -2.27. The monoisotopic (exact) mass is 1790 g/mol. The van der Waals surface area contributed by atoms with Gasteiger partial charge in [-0.1, -0.05) is 12.2 Å². The maximum Gasteiger partial charge on any atom is 0.357 e. The van der Waals surface area contributed by atoms with Crippen molar-refractivity contribution in [1.82, 2.24) is 40.5 Å². The van der Waals surface area contributed by atoms with Crippen LogP contribution in [0, 0.1) is 0 Å². The van der Waals surface area contributed by atoms with Crippen molar-refractivity contribution in [2.75, 3.05) is 348 Å². The van der Waals surface area contributed by atoms with Gasteiger partial charge >= 0.3 is 22.7 Å². The van der Waals surface area contributed by atoms with Gasteiger partial charge in [0, 0.05) is 98.4 Å². The van der Waals surface area contributed by atoms with Crippen LogP contribution in [0.15, 0.2) is 84.9 Å². The number of aliphatic hydroxyl groups excluding tert-OH is 2. The highest BCUT2D eigenvalue weighted by Crippen LogP contribution is 2.33. The Labute approximate surface area is 728 Å². The quantitative estimate of drug-likeness (QED) is 0.0146. The summed E-state index contributed by atoms with van der Waals surface area (Å²) >= 11 is -5.51. The molecule has 8 rings (SSSR count). The fourth-order valence-corrected chi connectivity index (χ4v) is 11.6. The first-order chi connectivity index (χ1) is 61.2. The van der Waals surface area contributed by atoms with Crippen molar-refractivity contribution in [3.05, 3.63) is 96.1 Å². The Morgan fingerprint density at radius 1 is 0.298 bits per heavy atom. The van der Waals surface area contributed by atoms with E-state index >= 15 is 0 Å². The molecule has 692 valence electrons. The summed E-state index contributed by atoms with van der Waals surface area (Å²) in [7, 11) is 0.